The maximum atomic E-state index is 13.2. The van der Waals surface area contributed by atoms with Crippen LogP contribution in [-0.4, -0.2) is 54.7 Å². The van der Waals surface area contributed by atoms with Gasteiger partial charge in [-0.1, -0.05) is 25.3 Å². The summed E-state index contributed by atoms with van der Waals surface area (Å²) in [4.78, 5) is 11.0. The lowest BCUT2D eigenvalue weighted by atomic mass is 9.84. The average Bonchev–Trinajstić information content (AvgIpc) is 3.04. The molecule has 1 saturated heterocycles. The van der Waals surface area contributed by atoms with Gasteiger partial charge in [-0.05, 0) is 38.0 Å². The summed E-state index contributed by atoms with van der Waals surface area (Å²) in [6.07, 6.45) is 13.2. The van der Waals surface area contributed by atoms with Crippen LogP contribution in [0.4, 0.5) is 0 Å². The van der Waals surface area contributed by atoms with Crippen LogP contribution in [-0.2, 0) is 9.53 Å². The van der Waals surface area contributed by atoms with Crippen LogP contribution in [0.2, 0.25) is 0 Å². The molecule has 2 aliphatic rings. The second kappa shape index (κ2) is 11.0. The normalized spacial score (nSPS) is 28.5. The number of methoxy groups -OCH3 is 1. The predicted molar refractivity (Wildman–Crippen MR) is 102 cm³/mol. The Morgan fingerprint density at radius 3 is 2.85 bits per heavy atom. The Kier molecular flexibility index (Phi) is 9.05. The van der Waals surface area contributed by atoms with E-state index in [1.165, 1.54) is 32.4 Å². The van der Waals surface area contributed by atoms with Gasteiger partial charge in [0, 0.05) is 18.9 Å². The molecule has 0 aromatic rings. The first-order chi connectivity index (χ1) is 12.5. The Morgan fingerprint density at radius 2 is 2.12 bits per heavy atom. The van der Waals surface area contributed by atoms with Crippen LogP contribution < -0.4 is 5.32 Å². The third-order valence-corrected chi connectivity index (χ3v) is 6.04. The zero-order valence-electron chi connectivity index (χ0n) is 16.2. The van der Waals surface area contributed by atoms with Gasteiger partial charge >= 0.3 is 5.97 Å². The minimum atomic E-state index is -0.322. The number of hydrogen-bond acceptors (Lipinski definition) is 5. The Bertz CT molecular complexity index is 451. The van der Waals surface area contributed by atoms with Crippen molar-refractivity contribution in [2.75, 3.05) is 26.9 Å². The maximum absolute atomic E-state index is 13.2. The van der Waals surface area contributed by atoms with Gasteiger partial charge < -0.3 is 19.7 Å². The minimum absolute atomic E-state index is 0.0816. The molecule has 2 N–H and O–H groups in total. The summed E-state index contributed by atoms with van der Waals surface area (Å²) in [6.45, 7) is 1.74. The highest BCUT2D eigenvalue weighted by molar-refractivity contribution is 5.81. The lowest BCUT2D eigenvalue weighted by molar-refractivity contribution is -0.893. The largest absolute Gasteiger partial charge is 0.632 e. The van der Waals surface area contributed by atoms with Crippen molar-refractivity contribution in [3.8, 4) is 0 Å². The van der Waals surface area contributed by atoms with Crippen molar-refractivity contribution in [2.24, 2.45) is 5.92 Å². The van der Waals surface area contributed by atoms with Crippen molar-refractivity contribution in [1.29, 1.82) is 0 Å². The van der Waals surface area contributed by atoms with Crippen LogP contribution >= 0.6 is 0 Å². The Morgan fingerprint density at radius 1 is 1.35 bits per heavy atom. The monoisotopic (exact) mass is 368 g/mol. The van der Waals surface area contributed by atoms with Gasteiger partial charge in [0.25, 0.3) is 0 Å². The van der Waals surface area contributed by atoms with Crippen LogP contribution in [0.15, 0.2) is 12.2 Å². The summed E-state index contributed by atoms with van der Waals surface area (Å²) >= 11 is 0. The summed E-state index contributed by atoms with van der Waals surface area (Å²) in [5.41, 5.74) is 0. The molecular formula is C20H36N2O4. The number of nitrogens with zero attached hydrogens (tertiary/aromatic N) is 1. The summed E-state index contributed by atoms with van der Waals surface area (Å²) in [6, 6.07) is 0.0816. The maximum Gasteiger partial charge on any atom is 0.330 e. The van der Waals surface area contributed by atoms with Crippen molar-refractivity contribution < 1.29 is 19.3 Å². The molecule has 2 rings (SSSR count). The minimum Gasteiger partial charge on any atom is -0.632 e. The predicted octanol–water partition coefficient (Wildman–Crippen LogP) is 2.85. The fraction of sp³-hybridized carbons (Fsp3) is 0.850. The highest BCUT2D eigenvalue weighted by Gasteiger charge is 2.35. The van der Waals surface area contributed by atoms with E-state index in [9.17, 15) is 15.1 Å². The van der Waals surface area contributed by atoms with Crippen molar-refractivity contribution in [1.82, 2.24) is 5.32 Å². The number of quaternary nitrogens is 1. The summed E-state index contributed by atoms with van der Waals surface area (Å²) < 4.78 is 4.35. The van der Waals surface area contributed by atoms with Gasteiger partial charge in [0.15, 0.2) is 0 Å². The number of esters is 1. The number of ether oxygens (including phenoxy) is 1. The first kappa shape index (κ1) is 21.4. The van der Waals surface area contributed by atoms with Gasteiger partial charge in [0.1, 0.15) is 12.7 Å². The fourth-order valence-corrected chi connectivity index (χ4v) is 4.31. The van der Waals surface area contributed by atoms with Gasteiger partial charge in [0.05, 0.1) is 26.3 Å². The van der Waals surface area contributed by atoms with Gasteiger partial charge in [-0.2, -0.15) is 0 Å². The first-order valence-corrected chi connectivity index (χ1v) is 10.3. The second-order valence-corrected chi connectivity index (χ2v) is 7.91. The second-order valence-electron chi connectivity index (χ2n) is 7.91. The lowest BCUT2D eigenvalue weighted by Crippen LogP contribution is -2.49. The van der Waals surface area contributed by atoms with E-state index < -0.39 is 0 Å². The third-order valence-electron chi connectivity index (χ3n) is 6.04. The number of allylic oxidation sites excluding steroid dienone is 1. The fourth-order valence-electron chi connectivity index (χ4n) is 4.31. The number of aliphatic hydroxyl groups excluding tert-OH is 1. The van der Waals surface area contributed by atoms with Crippen molar-refractivity contribution in [2.45, 2.75) is 76.4 Å². The molecule has 3 atom stereocenters. The molecule has 0 radical (unpaired) electrons. The van der Waals surface area contributed by atoms with Crippen molar-refractivity contribution in [3.63, 3.8) is 0 Å². The molecule has 0 spiro atoms. The topological polar surface area (TPSA) is 81.6 Å². The zero-order valence-corrected chi connectivity index (χ0v) is 16.2. The van der Waals surface area contributed by atoms with Gasteiger partial charge in [-0.15, -0.1) is 0 Å². The van der Waals surface area contributed by atoms with Crippen LogP contribution in [0, 0.1) is 11.1 Å². The summed E-state index contributed by atoms with van der Waals surface area (Å²) in [7, 11) is 1.37. The van der Waals surface area contributed by atoms with Gasteiger partial charge in [-0.3, -0.25) is 5.32 Å². The van der Waals surface area contributed by atoms with E-state index in [2.05, 4.69) is 10.1 Å². The quantitative estimate of drug-likeness (QED) is 0.204. The van der Waals surface area contributed by atoms with E-state index in [1.54, 1.807) is 0 Å². The molecule has 2 fully saturated rings. The van der Waals surface area contributed by atoms with E-state index in [-0.39, 0.29) is 22.8 Å². The number of carbonyl (C=O) groups is 1. The molecule has 26 heavy (non-hydrogen) atoms. The molecule has 1 aliphatic heterocycles. The van der Waals surface area contributed by atoms with Crippen LogP contribution in [0.5, 0.6) is 0 Å². The number of rotatable bonds is 10. The Labute approximate surface area is 157 Å². The van der Waals surface area contributed by atoms with E-state index in [0.29, 0.717) is 25.6 Å². The average molecular weight is 369 g/mol. The molecule has 150 valence electrons. The molecule has 0 bridgehead atoms. The van der Waals surface area contributed by atoms with Gasteiger partial charge in [0.2, 0.25) is 0 Å². The molecule has 1 saturated carbocycles. The molecule has 1 aliphatic carbocycles. The SMILES string of the molecule is COC(=O)C=CCCCCC1CNC[N+]1([O-])CCC(O)C1CCCCC1. The summed E-state index contributed by atoms with van der Waals surface area (Å²) in [5.74, 6) is 0.0720. The number of carbonyl (C=O) groups excluding carboxylic acids is 1. The van der Waals surface area contributed by atoms with Crippen molar-refractivity contribution in [3.05, 3.63) is 17.4 Å². The van der Waals surface area contributed by atoms with E-state index in [4.69, 9.17) is 0 Å². The highest BCUT2D eigenvalue weighted by Crippen LogP contribution is 2.29. The van der Waals surface area contributed by atoms with Gasteiger partial charge in [-0.25, -0.2) is 4.79 Å². The van der Waals surface area contributed by atoms with E-state index in [0.717, 1.165) is 45.1 Å². The van der Waals surface area contributed by atoms with Crippen LogP contribution in [0.3, 0.4) is 0 Å². The molecule has 0 aromatic carbocycles. The molecule has 6 heteroatoms. The number of nitrogens with one attached hydrogen (secondary N) is 1. The number of aliphatic hydroxyl groups is 1. The molecule has 6 nitrogen and oxygen atoms in total. The Balaban J connectivity index is 1.68. The Hall–Kier alpha value is -0.950. The molecule has 0 aromatic heterocycles. The number of unbranched alkanes of at least 4 members (excludes halogenated alkanes) is 2. The molecule has 0 amide bonds. The first-order valence-electron chi connectivity index (χ1n) is 10.3. The smallest absolute Gasteiger partial charge is 0.330 e. The highest BCUT2D eigenvalue weighted by atomic mass is 16.6. The van der Waals surface area contributed by atoms with E-state index in [1.807, 2.05) is 6.08 Å². The molecule has 3 unspecified atom stereocenters. The van der Waals surface area contributed by atoms with Crippen LogP contribution in [0.25, 0.3) is 0 Å². The van der Waals surface area contributed by atoms with E-state index >= 15 is 0 Å². The summed E-state index contributed by atoms with van der Waals surface area (Å²) in [5, 5.41) is 26.9. The standard InChI is InChI=1S/C20H36N2O4/c1-26-20(24)12-8-3-2-7-11-18-15-21-16-22(18,25)14-13-19(23)17-9-5-4-6-10-17/h8,12,17-19,21,23H,2-7,9-11,13-16H2,1H3. The van der Waals surface area contributed by atoms with Crippen LogP contribution in [0.1, 0.15) is 64.2 Å². The number of hydrogen-bond donors (Lipinski definition) is 2. The lowest BCUT2D eigenvalue weighted by Gasteiger charge is -2.44. The molecular weight excluding hydrogens is 332 g/mol. The van der Waals surface area contributed by atoms with Crippen molar-refractivity contribution >= 4 is 5.97 Å². The number of hydroxylamine groups is 3. The molecule has 1 heterocycles. The zero-order chi connectivity index (χ0) is 18.8. The third kappa shape index (κ3) is 6.65.